The number of ketones is 1. The van der Waals surface area contributed by atoms with Gasteiger partial charge in [0, 0.05) is 43.8 Å². The molecule has 1 radical (unpaired) electrons. The monoisotopic (exact) mass is 1010 g/mol. The van der Waals surface area contributed by atoms with Crippen molar-refractivity contribution in [1.29, 1.82) is 0 Å². The maximum Gasteiger partial charge on any atom is 0.454 e. The van der Waals surface area contributed by atoms with Crippen molar-refractivity contribution in [2.24, 2.45) is 16.7 Å². The SMILES string of the molecule is CC(C)(C)Cc1cc(CC(C)(C)C)c2cc3c([c-]c2c1)c1nccc2c4ccc(C(C)(C)C)cc4c4cc(C(C)(C)C)cc3c4c21.CCC(CC)/C(O)=C/C(=O)C(F)(F)F.[Ir]. The first-order chi connectivity index (χ1) is 27.6. The number of hydrogen-bond donors (Lipinski definition) is 1. The van der Waals surface area contributed by atoms with E-state index in [2.05, 4.69) is 144 Å². The summed E-state index contributed by atoms with van der Waals surface area (Å²) in [5, 5.41) is 23.3. The summed E-state index contributed by atoms with van der Waals surface area (Å²) < 4.78 is 35.3. The minimum absolute atomic E-state index is 0. The Labute approximate surface area is 374 Å². The topological polar surface area (TPSA) is 50.2 Å². The van der Waals surface area contributed by atoms with Crippen LogP contribution in [0.25, 0.3) is 64.8 Å². The first-order valence-corrected chi connectivity index (χ1v) is 21.5. The van der Waals surface area contributed by atoms with Gasteiger partial charge in [-0.05, 0) is 108 Å². The molecule has 0 bridgehead atoms. The van der Waals surface area contributed by atoms with E-state index in [1.165, 1.54) is 76.1 Å². The van der Waals surface area contributed by atoms with Crippen molar-refractivity contribution in [1.82, 2.24) is 4.98 Å². The zero-order chi connectivity index (χ0) is 44.5. The molecule has 0 saturated carbocycles. The maximum atomic E-state index is 11.8. The summed E-state index contributed by atoms with van der Waals surface area (Å²) in [6.45, 7) is 31.5. The molecule has 7 heteroatoms. The quantitative estimate of drug-likeness (QED) is 0.0594. The zero-order valence-electron chi connectivity index (χ0n) is 38.5. The predicted octanol–water partition coefficient (Wildman–Crippen LogP) is 16.0. The van der Waals surface area contributed by atoms with Crippen LogP contribution in [0.2, 0.25) is 0 Å². The number of nitrogens with zero attached hydrogens (tertiary/aromatic N) is 1. The summed E-state index contributed by atoms with van der Waals surface area (Å²) in [6, 6.07) is 25.7. The Kier molecular flexibility index (Phi) is 13.3. The zero-order valence-corrected chi connectivity index (χ0v) is 40.9. The summed E-state index contributed by atoms with van der Waals surface area (Å²) in [6.07, 6.45) is 0.443. The smallest absolute Gasteiger partial charge is 0.454 e. The molecule has 0 saturated heterocycles. The number of aromatic nitrogens is 1. The van der Waals surface area contributed by atoms with Crippen LogP contribution in [0.3, 0.4) is 0 Å². The first kappa shape index (κ1) is 48.0. The molecule has 0 fully saturated rings. The average molecular weight is 1010 g/mol. The Bertz CT molecular complexity index is 2780. The molecule has 1 aromatic heterocycles. The van der Waals surface area contributed by atoms with Gasteiger partial charge in [0.15, 0.2) is 0 Å². The number of alkyl halides is 3. The van der Waals surface area contributed by atoms with Gasteiger partial charge >= 0.3 is 6.18 Å². The Hall–Kier alpha value is -4.06. The van der Waals surface area contributed by atoms with Crippen molar-refractivity contribution < 1.29 is 43.2 Å². The molecule has 0 aliphatic heterocycles. The fourth-order valence-electron chi connectivity index (χ4n) is 8.71. The van der Waals surface area contributed by atoms with E-state index in [9.17, 15) is 23.1 Å². The van der Waals surface area contributed by atoms with Crippen molar-refractivity contribution in [3.05, 3.63) is 101 Å². The van der Waals surface area contributed by atoms with Crippen LogP contribution in [-0.4, -0.2) is 22.1 Å². The Morgan fingerprint density at radius 1 is 0.672 bits per heavy atom. The molecule has 0 aliphatic rings. The van der Waals surface area contributed by atoms with Crippen molar-refractivity contribution >= 4 is 70.5 Å². The van der Waals surface area contributed by atoms with Gasteiger partial charge in [-0.3, -0.25) is 9.78 Å². The molecular weight excluding hydrogens is 944 g/mol. The van der Waals surface area contributed by atoms with Gasteiger partial charge in [-0.2, -0.15) is 13.2 Å². The number of hydrogen-bond acceptors (Lipinski definition) is 3. The molecule has 0 aliphatic carbocycles. The van der Waals surface area contributed by atoms with Gasteiger partial charge in [0.05, 0.1) is 5.76 Å². The third kappa shape index (κ3) is 10.1. The number of halogens is 3. The van der Waals surface area contributed by atoms with Crippen molar-refractivity contribution in [2.75, 3.05) is 0 Å². The van der Waals surface area contributed by atoms with E-state index in [1.807, 2.05) is 6.20 Å². The maximum absolute atomic E-state index is 11.8. The van der Waals surface area contributed by atoms with Gasteiger partial charge < -0.3 is 5.11 Å². The molecule has 0 unspecified atom stereocenters. The number of allylic oxidation sites excluding steroid dienone is 2. The molecule has 7 aromatic rings. The van der Waals surface area contributed by atoms with Crippen LogP contribution in [0.5, 0.6) is 0 Å². The number of aliphatic hydroxyl groups is 1. The largest absolute Gasteiger partial charge is 0.512 e. The van der Waals surface area contributed by atoms with Crippen molar-refractivity contribution in [3.8, 4) is 0 Å². The fourth-order valence-corrected chi connectivity index (χ4v) is 8.71. The molecule has 1 N–H and O–H groups in total. The van der Waals surface area contributed by atoms with Crippen LogP contribution >= 0.6 is 0 Å². The molecule has 6 aromatic carbocycles. The molecule has 7 rings (SSSR count). The number of pyridine rings is 1. The van der Waals surface area contributed by atoms with Crippen molar-refractivity contribution in [3.63, 3.8) is 0 Å². The third-order valence-electron chi connectivity index (χ3n) is 11.8. The standard InChI is InChI=1S/C45H50N.C9H13F3O2.Ir/c1-42(2,3)24-26-17-27-19-38-35(23-33(27)28(18-26)25-43(4,5)6)37-22-30(45(10,11)12)21-36-34-20-29(44(7,8)9)13-14-31(34)32-15-16-46-41(38)40(32)39(36)37;1-3-6(4-2)7(13)5-8(14)9(10,11)12;/h13-18,20-23H,24-25H2,1-12H3;5-6,13H,3-4H2,1-2H3;/q-1;;/b;7-5-;. The van der Waals surface area contributed by atoms with Gasteiger partial charge in [0.2, 0.25) is 0 Å². The van der Waals surface area contributed by atoms with Gasteiger partial charge in [0.25, 0.3) is 5.78 Å². The number of carbonyl (C=O) groups excluding carboxylic acids is 1. The van der Waals surface area contributed by atoms with Gasteiger partial charge in [0.1, 0.15) is 0 Å². The average Bonchev–Trinajstić information content (AvgIpc) is 3.11. The summed E-state index contributed by atoms with van der Waals surface area (Å²) in [5.41, 5.74) is 7.08. The summed E-state index contributed by atoms with van der Waals surface area (Å²) in [7, 11) is 0. The molecular formula is C54H63F3IrNO2-. The second-order valence-corrected chi connectivity index (χ2v) is 21.5. The number of rotatable bonds is 6. The molecule has 0 spiro atoms. The van der Waals surface area contributed by atoms with Crippen LogP contribution < -0.4 is 0 Å². The number of carbonyl (C=O) groups is 1. The van der Waals surface area contributed by atoms with E-state index < -0.39 is 17.7 Å². The van der Waals surface area contributed by atoms with Crippen LogP contribution in [0.4, 0.5) is 13.2 Å². The van der Waals surface area contributed by atoms with E-state index in [0.717, 1.165) is 23.7 Å². The van der Waals surface area contributed by atoms with E-state index in [-0.39, 0.29) is 53.8 Å². The van der Waals surface area contributed by atoms with E-state index in [1.54, 1.807) is 13.8 Å². The fraction of sp³-hybridized carbons (Fsp3) is 0.444. The van der Waals surface area contributed by atoms with Gasteiger partial charge in [-0.1, -0.05) is 155 Å². The molecule has 3 nitrogen and oxygen atoms in total. The summed E-state index contributed by atoms with van der Waals surface area (Å²) >= 11 is 0. The predicted molar refractivity (Wildman–Crippen MR) is 249 cm³/mol. The Balaban J connectivity index is 0.000000406. The number of benzene rings is 6. The van der Waals surface area contributed by atoms with Crippen LogP contribution in [0.1, 0.15) is 132 Å². The summed E-state index contributed by atoms with van der Waals surface area (Å²) in [4.78, 5) is 15.6. The molecule has 327 valence electrons. The van der Waals surface area contributed by atoms with Gasteiger partial charge in [-0.25, -0.2) is 0 Å². The second-order valence-electron chi connectivity index (χ2n) is 21.5. The van der Waals surface area contributed by atoms with Crippen LogP contribution in [0, 0.1) is 22.8 Å². The molecule has 61 heavy (non-hydrogen) atoms. The van der Waals surface area contributed by atoms with E-state index in [0.29, 0.717) is 12.8 Å². The Morgan fingerprint density at radius 2 is 1.25 bits per heavy atom. The molecule has 1 heterocycles. The number of aliphatic hydroxyl groups excluding tert-OH is 1. The second kappa shape index (κ2) is 16.9. The molecule has 0 atom stereocenters. The minimum Gasteiger partial charge on any atom is -0.512 e. The van der Waals surface area contributed by atoms with Crippen molar-refractivity contribution in [2.45, 2.75) is 140 Å². The Morgan fingerprint density at radius 3 is 1.79 bits per heavy atom. The van der Waals surface area contributed by atoms with Crippen LogP contribution in [-0.2, 0) is 48.6 Å². The van der Waals surface area contributed by atoms with Crippen LogP contribution in [0.15, 0.2) is 72.6 Å². The van der Waals surface area contributed by atoms with E-state index >= 15 is 0 Å². The van der Waals surface area contributed by atoms with E-state index in [4.69, 9.17) is 4.98 Å². The third-order valence-corrected chi connectivity index (χ3v) is 11.8. The minimum atomic E-state index is -4.90. The number of fused-ring (bicyclic) bond motifs is 7. The molecule has 0 amide bonds. The van der Waals surface area contributed by atoms with Gasteiger partial charge in [-0.15, -0.1) is 23.6 Å². The normalized spacial score (nSPS) is 13.5. The summed E-state index contributed by atoms with van der Waals surface area (Å²) in [5.74, 6) is -2.87. The first-order valence-electron chi connectivity index (χ1n) is 21.5.